The molecule has 0 aromatic heterocycles. The van der Waals surface area contributed by atoms with E-state index in [-0.39, 0.29) is 24.8 Å². The van der Waals surface area contributed by atoms with Crippen LogP contribution in [0.4, 0.5) is 0 Å². The van der Waals surface area contributed by atoms with Crippen molar-refractivity contribution in [2.75, 3.05) is 20.3 Å². The molecular formula is C17H24N2O4. The minimum Gasteiger partial charge on any atom is -0.497 e. The van der Waals surface area contributed by atoms with Gasteiger partial charge in [-0.1, -0.05) is 12.1 Å². The molecule has 0 saturated carbocycles. The molecule has 0 spiro atoms. The van der Waals surface area contributed by atoms with Gasteiger partial charge in [0.15, 0.2) is 0 Å². The third kappa shape index (κ3) is 4.01. The zero-order chi connectivity index (χ0) is 16.9. The first-order valence-electron chi connectivity index (χ1n) is 7.79. The number of benzene rings is 1. The molecule has 1 aliphatic heterocycles. The summed E-state index contributed by atoms with van der Waals surface area (Å²) in [6.07, 6.45) is 1.58. The Morgan fingerprint density at radius 1 is 1.43 bits per heavy atom. The van der Waals surface area contributed by atoms with Crippen LogP contribution in [-0.4, -0.2) is 47.6 Å². The fraction of sp³-hybridized carbons (Fsp3) is 0.529. The summed E-state index contributed by atoms with van der Waals surface area (Å²) in [5.74, 6) is 0.467. The number of carbonyl (C=O) groups excluding carboxylic acids is 2. The van der Waals surface area contributed by atoms with Gasteiger partial charge in [0.25, 0.3) is 0 Å². The molecule has 0 bridgehead atoms. The Kier molecular flexibility index (Phi) is 5.60. The number of aliphatic hydroxyl groups excluding tert-OH is 1. The van der Waals surface area contributed by atoms with Gasteiger partial charge in [0, 0.05) is 20.0 Å². The van der Waals surface area contributed by atoms with E-state index in [4.69, 9.17) is 4.74 Å². The van der Waals surface area contributed by atoms with Crippen molar-refractivity contribution in [2.45, 2.75) is 38.3 Å². The number of hydrogen-bond donors (Lipinski definition) is 2. The number of amides is 2. The summed E-state index contributed by atoms with van der Waals surface area (Å²) in [5.41, 5.74) is 0.176. The lowest BCUT2D eigenvalue weighted by Gasteiger charge is -2.36. The van der Waals surface area contributed by atoms with Crippen molar-refractivity contribution in [3.63, 3.8) is 0 Å². The van der Waals surface area contributed by atoms with Gasteiger partial charge >= 0.3 is 0 Å². The maximum Gasteiger partial charge on any atom is 0.222 e. The van der Waals surface area contributed by atoms with Crippen LogP contribution < -0.4 is 10.1 Å². The molecule has 1 aliphatic rings. The van der Waals surface area contributed by atoms with Crippen molar-refractivity contribution in [3.8, 4) is 5.75 Å². The number of carbonyl (C=O) groups is 2. The number of hydrogen-bond acceptors (Lipinski definition) is 4. The first kappa shape index (κ1) is 17.3. The van der Waals surface area contributed by atoms with Crippen LogP contribution in [-0.2, 0) is 16.1 Å². The smallest absolute Gasteiger partial charge is 0.222 e. The predicted molar refractivity (Wildman–Crippen MR) is 85.9 cm³/mol. The van der Waals surface area contributed by atoms with Gasteiger partial charge in [-0.15, -0.1) is 0 Å². The van der Waals surface area contributed by atoms with Crippen LogP contribution in [0.3, 0.4) is 0 Å². The SMILES string of the molecule is COc1cccc(CNC(=O)CC2(CO)CCCN2C(C)=O)c1. The largest absolute Gasteiger partial charge is 0.497 e. The molecule has 1 aromatic carbocycles. The van der Waals surface area contributed by atoms with Gasteiger partial charge < -0.3 is 20.1 Å². The summed E-state index contributed by atoms with van der Waals surface area (Å²) in [6.45, 7) is 2.26. The second kappa shape index (κ2) is 7.46. The van der Waals surface area contributed by atoms with Crippen LogP contribution in [0.25, 0.3) is 0 Å². The predicted octanol–water partition coefficient (Wildman–Crippen LogP) is 1.07. The molecule has 2 N–H and O–H groups in total. The van der Waals surface area contributed by atoms with Gasteiger partial charge in [-0.05, 0) is 30.5 Å². The lowest BCUT2D eigenvalue weighted by Crippen LogP contribution is -2.51. The number of nitrogens with one attached hydrogen (secondary N) is 1. The Balaban J connectivity index is 1.96. The lowest BCUT2D eigenvalue weighted by molar-refractivity contribution is -0.137. The summed E-state index contributed by atoms with van der Waals surface area (Å²) in [4.78, 5) is 25.6. The van der Waals surface area contributed by atoms with E-state index in [9.17, 15) is 14.7 Å². The molecule has 23 heavy (non-hydrogen) atoms. The number of rotatable bonds is 6. The van der Waals surface area contributed by atoms with E-state index in [1.807, 2.05) is 24.3 Å². The molecule has 126 valence electrons. The molecule has 1 saturated heterocycles. The molecule has 1 unspecified atom stereocenters. The van der Waals surface area contributed by atoms with Gasteiger partial charge in [0.1, 0.15) is 5.75 Å². The van der Waals surface area contributed by atoms with E-state index in [1.165, 1.54) is 6.92 Å². The Morgan fingerprint density at radius 2 is 2.22 bits per heavy atom. The number of likely N-dealkylation sites (tertiary alicyclic amines) is 1. The van der Waals surface area contributed by atoms with Crippen molar-refractivity contribution in [3.05, 3.63) is 29.8 Å². The maximum atomic E-state index is 12.3. The van der Waals surface area contributed by atoms with Crippen molar-refractivity contribution in [1.82, 2.24) is 10.2 Å². The molecule has 1 atom stereocenters. The minimum absolute atomic E-state index is 0.0999. The van der Waals surface area contributed by atoms with Gasteiger partial charge in [-0.25, -0.2) is 0 Å². The highest BCUT2D eigenvalue weighted by molar-refractivity contribution is 5.80. The van der Waals surface area contributed by atoms with E-state index in [2.05, 4.69) is 5.32 Å². The number of methoxy groups -OCH3 is 1. The van der Waals surface area contributed by atoms with Crippen molar-refractivity contribution in [1.29, 1.82) is 0 Å². The molecular weight excluding hydrogens is 296 g/mol. The Morgan fingerprint density at radius 3 is 2.87 bits per heavy atom. The lowest BCUT2D eigenvalue weighted by atomic mass is 9.92. The third-order valence-corrected chi connectivity index (χ3v) is 4.38. The van der Waals surface area contributed by atoms with E-state index in [0.29, 0.717) is 19.5 Å². The normalized spacial score (nSPS) is 20.4. The molecule has 1 fully saturated rings. The van der Waals surface area contributed by atoms with Crippen LogP contribution in [0, 0.1) is 0 Å². The van der Waals surface area contributed by atoms with E-state index >= 15 is 0 Å². The van der Waals surface area contributed by atoms with Crippen LogP contribution in [0.5, 0.6) is 5.75 Å². The number of nitrogens with zero attached hydrogens (tertiary/aromatic N) is 1. The maximum absolute atomic E-state index is 12.3. The molecule has 1 aromatic rings. The first-order chi connectivity index (χ1) is 11.0. The zero-order valence-corrected chi connectivity index (χ0v) is 13.7. The molecule has 0 aliphatic carbocycles. The van der Waals surface area contributed by atoms with Crippen LogP contribution in [0.2, 0.25) is 0 Å². The van der Waals surface area contributed by atoms with Crippen molar-refractivity contribution in [2.24, 2.45) is 0 Å². The van der Waals surface area contributed by atoms with Gasteiger partial charge in [-0.2, -0.15) is 0 Å². The topological polar surface area (TPSA) is 78.9 Å². The summed E-state index contributed by atoms with van der Waals surface area (Å²) >= 11 is 0. The average Bonchev–Trinajstić information content (AvgIpc) is 2.97. The molecule has 2 rings (SSSR count). The molecule has 1 heterocycles. The molecule has 0 radical (unpaired) electrons. The van der Waals surface area contributed by atoms with Gasteiger partial charge in [0.05, 0.1) is 25.7 Å². The van der Waals surface area contributed by atoms with Crippen LogP contribution in [0.1, 0.15) is 31.7 Å². The monoisotopic (exact) mass is 320 g/mol. The fourth-order valence-corrected chi connectivity index (χ4v) is 3.18. The van der Waals surface area contributed by atoms with E-state index in [0.717, 1.165) is 17.7 Å². The van der Waals surface area contributed by atoms with Crippen molar-refractivity contribution >= 4 is 11.8 Å². The molecule has 2 amide bonds. The highest BCUT2D eigenvalue weighted by atomic mass is 16.5. The second-order valence-corrected chi connectivity index (χ2v) is 5.96. The standard InChI is InChI=1S/C17H24N2O4/c1-13(21)19-8-4-7-17(19,12-20)10-16(22)18-11-14-5-3-6-15(9-14)23-2/h3,5-6,9,20H,4,7-8,10-12H2,1-2H3,(H,18,22). The van der Waals surface area contributed by atoms with Crippen LogP contribution in [0.15, 0.2) is 24.3 Å². The molecule has 6 heteroatoms. The summed E-state index contributed by atoms with van der Waals surface area (Å²) in [6, 6.07) is 7.47. The second-order valence-electron chi connectivity index (χ2n) is 5.96. The van der Waals surface area contributed by atoms with E-state index < -0.39 is 5.54 Å². The van der Waals surface area contributed by atoms with Gasteiger partial charge in [0.2, 0.25) is 11.8 Å². The molecule has 6 nitrogen and oxygen atoms in total. The fourth-order valence-electron chi connectivity index (χ4n) is 3.18. The van der Waals surface area contributed by atoms with Crippen molar-refractivity contribution < 1.29 is 19.4 Å². The highest BCUT2D eigenvalue weighted by Crippen LogP contribution is 2.32. The summed E-state index contributed by atoms with van der Waals surface area (Å²) in [7, 11) is 1.60. The highest BCUT2D eigenvalue weighted by Gasteiger charge is 2.43. The number of aliphatic hydroxyl groups is 1. The minimum atomic E-state index is -0.760. The van der Waals surface area contributed by atoms with Gasteiger partial charge in [-0.3, -0.25) is 9.59 Å². The average molecular weight is 320 g/mol. The van der Waals surface area contributed by atoms with Crippen LogP contribution >= 0.6 is 0 Å². The summed E-state index contributed by atoms with van der Waals surface area (Å²) < 4.78 is 5.15. The third-order valence-electron chi connectivity index (χ3n) is 4.38. The Bertz CT molecular complexity index is 575. The number of ether oxygens (including phenoxy) is 1. The quantitative estimate of drug-likeness (QED) is 0.822. The Labute approximate surface area is 136 Å². The first-order valence-corrected chi connectivity index (χ1v) is 7.79. The van der Waals surface area contributed by atoms with E-state index in [1.54, 1.807) is 12.0 Å². The zero-order valence-electron chi connectivity index (χ0n) is 13.7. The summed E-state index contributed by atoms with van der Waals surface area (Å²) in [5, 5.41) is 12.6. The Hall–Kier alpha value is -2.08.